The summed E-state index contributed by atoms with van der Waals surface area (Å²) in [6.45, 7) is 3.25. The fraction of sp³-hybridized carbons (Fsp3) is 0.348. The first kappa shape index (κ1) is 21.8. The van der Waals surface area contributed by atoms with Crippen molar-refractivity contribution in [3.05, 3.63) is 59.5 Å². The molecular formula is C23H25NO5S2. The van der Waals surface area contributed by atoms with Gasteiger partial charge in [-0.3, -0.25) is 4.79 Å². The molecule has 8 heteroatoms. The minimum atomic E-state index is -3.59. The van der Waals surface area contributed by atoms with Gasteiger partial charge in [-0.1, -0.05) is 18.2 Å². The van der Waals surface area contributed by atoms with Crippen molar-refractivity contribution in [3.63, 3.8) is 0 Å². The number of piperidine rings is 1. The number of fused-ring (bicyclic) bond motifs is 1. The molecule has 2 aromatic carbocycles. The first-order valence-electron chi connectivity index (χ1n) is 10.3. The van der Waals surface area contributed by atoms with Crippen LogP contribution in [0.3, 0.4) is 0 Å². The van der Waals surface area contributed by atoms with Crippen molar-refractivity contribution in [2.24, 2.45) is 5.92 Å². The maximum Gasteiger partial charge on any atom is 0.309 e. The first-order chi connectivity index (χ1) is 15.0. The van der Waals surface area contributed by atoms with E-state index in [0.29, 0.717) is 38.3 Å². The summed E-state index contributed by atoms with van der Waals surface area (Å²) in [6, 6.07) is 14.5. The van der Waals surface area contributed by atoms with E-state index < -0.39 is 10.0 Å². The highest BCUT2D eigenvalue weighted by atomic mass is 32.2. The lowest BCUT2D eigenvalue weighted by atomic mass is 9.98. The van der Waals surface area contributed by atoms with Crippen molar-refractivity contribution in [2.75, 3.05) is 19.7 Å². The van der Waals surface area contributed by atoms with Gasteiger partial charge in [0.05, 0.1) is 17.4 Å². The van der Waals surface area contributed by atoms with Gasteiger partial charge in [0.25, 0.3) is 0 Å². The van der Waals surface area contributed by atoms with Gasteiger partial charge in [0.2, 0.25) is 10.0 Å². The summed E-state index contributed by atoms with van der Waals surface area (Å²) in [6.07, 6.45) is 0.916. The minimum absolute atomic E-state index is 0.237. The molecule has 0 N–H and O–H groups in total. The number of hydrogen-bond donors (Lipinski definition) is 0. The Morgan fingerprint density at radius 3 is 2.52 bits per heavy atom. The van der Waals surface area contributed by atoms with Gasteiger partial charge in [0, 0.05) is 23.4 Å². The Morgan fingerprint density at radius 1 is 1.10 bits per heavy atom. The van der Waals surface area contributed by atoms with Gasteiger partial charge in [-0.05, 0) is 60.9 Å². The second kappa shape index (κ2) is 9.38. The maximum atomic E-state index is 12.9. The number of carbonyl (C=O) groups is 1. The third kappa shape index (κ3) is 4.76. The smallest absolute Gasteiger partial charge is 0.309 e. The summed E-state index contributed by atoms with van der Waals surface area (Å²) >= 11 is 1.63. The van der Waals surface area contributed by atoms with Crippen LogP contribution in [-0.4, -0.2) is 38.4 Å². The second-order valence-corrected chi connectivity index (χ2v) is 10.3. The molecule has 1 fully saturated rings. The number of carbonyl (C=O) groups excluding carboxylic acids is 1. The Balaban J connectivity index is 1.32. The Bertz CT molecular complexity index is 1150. The molecule has 164 valence electrons. The van der Waals surface area contributed by atoms with Gasteiger partial charge in [0.15, 0.2) is 0 Å². The van der Waals surface area contributed by atoms with Crippen LogP contribution in [0.5, 0.6) is 5.75 Å². The van der Waals surface area contributed by atoms with Crippen LogP contribution in [-0.2, 0) is 26.2 Å². The first-order valence-corrected chi connectivity index (χ1v) is 12.7. The average Bonchev–Trinajstić information content (AvgIpc) is 3.21. The normalized spacial score (nSPS) is 15.8. The maximum absolute atomic E-state index is 12.9. The molecule has 0 atom stereocenters. The van der Waals surface area contributed by atoms with Gasteiger partial charge < -0.3 is 9.47 Å². The molecule has 1 aliphatic heterocycles. The van der Waals surface area contributed by atoms with Crippen LogP contribution in [0.15, 0.2) is 58.8 Å². The van der Waals surface area contributed by atoms with E-state index in [9.17, 15) is 13.2 Å². The topological polar surface area (TPSA) is 72.9 Å². The van der Waals surface area contributed by atoms with E-state index >= 15 is 0 Å². The number of ether oxygens (including phenoxy) is 2. The van der Waals surface area contributed by atoms with Gasteiger partial charge in [0.1, 0.15) is 12.4 Å². The Hall–Kier alpha value is -2.42. The monoisotopic (exact) mass is 459 g/mol. The summed E-state index contributed by atoms with van der Waals surface area (Å²) < 4.78 is 39.4. The van der Waals surface area contributed by atoms with E-state index in [4.69, 9.17) is 9.47 Å². The largest absolute Gasteiger partial charge is 0.494 e. The number of sulfonamides is 1. The molecule has 4 rings (SSSR count). The average molecular weight is 460 g/mol. The molecule has 1 aliphatic rings. The summed E-state index contributed by atoms with van der Waals surface area (Å²) in [5.41, 5.74) is 1.00. The molecule has 0 spiro atoms. The third-order valence-corrected chi connectivity index (χ3v) is 8.42. The molecule has 0 bridgehead atoms. The molecule has 3 aromatic rings. The number of hydrogen-bond acceptors (Lipinski definition) is 6. The molecule has 6 nitrogen and oxygen atoms in total. The van der Waals surface area contributed by atoms with Crippen LogP contribution in [0.25, 0.3) is 10.1 Å². The predicted molar refractivity (Wildman–Crippen MR) is 121 cm³/mol. The number of esters is 1. The van der Waals surface area contributed by atoms with Crippen molar-refractivity contribution in [1.29, 1.82) is 0 Å². The third-order valence-electron chi connectivity index (χ3n) is 5.49. The predicted octanol–water partition coefficient (Wildman–Crippen LogP) is 4.44. The van der Waals surface area contributed by atoms with Gasteiger partial charge in [-0.25, -0.2) is 8.42 Å². The molecule has 0 saturated carbocycles. The van der Waals surface area contributed by atoms with E-state index in [0.717, 1.165) is 10.9 Å². The van der Waals surface area contributed by atoms with E-state index in [-0.39, 0.29) is 23.4 Å². The Kier molecular flexibility index (Phi) is 6.60. The lowest BCUT2D eigenvalue weighted by Crippen LogP contribution is -2.40. The number of nitrogens with zero attached hydrogens (tertiary/aromatic N) is 1. The van der Waals surface area contributed by atoms with Gasteiger partial charge in [-0.2, -0.15) is 4.31 Å². The molecule has 0 aliphatic carbocycles. The minimum Gasteiger partial charge on any atom is -0.494 e. The lowest BCUT2D eigenvalue weighted by molar-refractivity contribution is -0.151. The van der Waals surface area contributed by atoms with Crippen molar-refractivity contribution in [1.82, 2.24) is 4.31 Å². The molecule has 0 radical (unpaired) electrons. The zero-order valence-corrected chi connectivity index (χ0v) is 19.0. The summed E-state index contributed by atoms with van der Waals surface area (Å²) in [7, 11) is -3.59. The molecule has 1 saturated heterocycles. The van der Waals surface area contributed by atoms with Gasteiger partial charge in [-0.15, -0.1) is 11.3 Å². The van der Waals surface area contributed by atoms with Crippen LogP contribution >= 0.6 is 11.3 Å². The van der Waals surface area contributed by atoms with E-state index in [1.165, 1.54) is 9.01 Å². The molecule has 31 heavy (non-hydrogen) atoms. The van der Waals surface area contributed by atoms with Crippen LogP contribution in [0, 0.1) is 5.92 Å². The number of rotatable bonds is 7. The van der Waals surface area contributed by atoms with Crippen LogP contribution in [0.4, 0.5) is 0 Å². The highest BCUT2D eigenvalue weighted by Gasteiger charge is 2.32. The van der Waals surface area contributed by atoms with E-state index in [1.54, 1.807) is 35.6 Å². The lowest BCUT2D eigenvalue weighted by Gasteiger charge is -2.30. The zero-order valence-electron chi connectivity index (χ0n) is 17.3. The van der Waals surface area contributed by atoms with Crippen molar-refractivity contribution in [3.8, 4) is 5.75 Å². The van der Waals surface area contributed by atoms with Crippen molar-refractivity contribution in [2.45, 2.75) is 31.3 Å². The SMILES string of the molecule is CCOc1ccc(S(=O)(=O)N2CCC(C(=O)OCc3csc4ccccc34)CC2)cc1. The molecular weight excluding hydrogens is 434 g/mol. The molecule has 0 unspecified atom stereocenters. The zero-order chi connectivity index (χ0) is 21.8. The summed E-state index contributed by atoms with van der Waals surface area (Å²) in [4.78, 5) is 12.8. The van der Waals surface area contributed by atoms with Crippen LogP contribution in [0.1, 0.15) is 25.3 Å². The van der Waals surface area contributed by atoms with Crippen LogP contribution < -0.4 is 4.74 Å². The Morgan fingerprint density at radius 2 is 1.81 bits per heavy atom. The highest BCUT2D eigenvalue weighted by molar-refractivity contribution is 7.89. The summed E-state index contributed by atoms with van der Waals surface area (Å²) in [5, 5.41) is 3.13. The van der Waals surface area contributed by atoms with E-state index in [1.807, 2.05) is 36.6 Å². The standard InChI is InChI=1S/C23H25NO5S2/c1-2-28-19-7-9-20(10-8-19)31(26,27)24-13-11-17(12-14-24)23(25)29-15-18-16-30-22-6-4-3-5-21(18)22/h3-10,16-17H,2,11-15H2,1H3. The summed E-state index contributed by atoms with van der Waals surface area (Å²) in [5.74, 6) is 0.103. The fourth-order valence-corrected chi connectivity index (χ4v) is 6.18. The molecule has 0 amide bonds. The number of benzene rings is 2. The van der Waals surface area contributed by atoms with Crippen molar-refractivity contribution < 1.29 is 22.7 Å². The quantitative estimate of drug-likeness (QED) is 0.488. The number of thiophene rings is 1. The molecule has 2 heterocycles. The molecule has 1 aromatic heterocycles. The van der Waals surface area contributed by atoms with Crippen LogP contribution in [0.2, 0.25) is 0 Å². The highest BCUT2D eigenvalue weighted by Crippen LogP contribution is 2.28. The van der Waals surface area contributed by atoms with Crippen molar-refractivity contribution >= 4 is 37.4 Å². The second-order valence-electron chi connectivity index (χ2n) is 7.45. The van der Waals surface area contributed by atoms with E-state index in [2.05, 4.69) is 0 Å². The Labute approximate surface area is 186 Å². The fourth-order valence-electron chi connectivity index (χ4n) is 3.77. The van der Waals surface area contributed by atoms with Gasteiger partial charge >= 0.3 is 5.97 Å².